The Kier molecular flexibility index (Phi) is 2.95. The van der Waals surface area contributed by atoms with Gasteiger partial charge in [0, 0.05) is 12.8 Å². The molecule has 0 spiro atoms. The van der Waals surface area contributed by atoms with E-state index >= 15 is 0 Å². The van der Waals surface area contributed by atoms with Crippen LogP contribution in [0.25, 0.3) is 0 Å². The van der Waals surface area contributed by atoms with Crippen molar-refractivity contribution >= 4 is 5.97 Å². The Labute approximate surface area is 94.7 Å². The van der Waals surface area contributed by atoms with E-state index in [1.807, 2.05) is 6.07 Å². The predicted molar refractivity (Wildman–Crippen MR) is 60.7 cm³/mol. The SMILES string of the molecule is C=CCC1Cc2cc(OC)ccc2C(=O)O1. The Morgan fingerprint density at radius 3 is 3.12 bits per heavy atom. The van der Waals surface area contributed by atoms with Gasteiger partial charge in [0.1, 0.15) is 11.9 Å². The van der Waals surface area contributed by atoms with Crippen LogP contribution < -0.4 is 4.74 Å². The molecule has 0 aliphatic carbocycles. The molecule has 0 fully saturated rings. The van der Waals surface area contributed by atoms with E-state index in [4.69, 9.17) is 9.47 Å². The molecular weight excluding hydrogens is 204 g/mol. The van der Waals surface area contributed by atoms with E-state index in [1.165, 1.54) is 0 Å². The third-order valence-electron chi connectivity index (χ3n) is 2.68. The monoisotopic (exact) mass is 218 g/mol. The predicted octanol–water partition coefficient (Wildman–Crippen LogP) is 2.35. The van der Waals surface area contributed by atoms with Crippen molar-refractivity contribution in [2.24, 2.45) is 0 Å². The molecule has 0 N–H and O–H groups in total. The van der Waals surface area contributed by atoms with Crippen LogP contribution in [0.1, 0.15) is 22.3 Å². The lowest BCUT2D eigenvalue weighted by molar-refractivity contribution is 0.0265. The zero-order valence-electron chi connectivity index (χ0n) is 9.23. The maximum atomic E-state index is 11.7. The van der Waals surface area contributed by atoms with Gasteiger partial charge in [-0.25, -0.2) is 4.79 Å². The molecule has 3 heteroatoms. The first kappa shape index (κ1) is 10.7. The third-order valence-corrected chi connectivity index (χ3v) is 2.68. The van der Waals surface area contributed by atoms with Gasteiger partial charge in [-0.3, -0.25) is 0 Å². The molecule has 0 aromatic heterocycles. The summed E-state index contributed by atoms with van der Waals surface area (Å²) < 4.78 is 10.4. The second-order valence-corrected chi connectivity index (χ2v) is 3.78. The van der Waals surface area contributed by atoms with Crippen LogP contribution in [0.3, 0.4) is 0 Å². The molecule has 3 nitrogen and oxygen atoms in total. The molecule has 1 aliphatic heterocycles. The second-order valence-electron chi connectivity index (χ2n) is 3.78. The van der Waals surface area contributed by atoms with Crippen LogP contribution in [0, 0.1) is 0 Å². The molecule has 0 bridgehead atoms. The first-order valence-corrected chi connectivity index (χ1v) is 5.23. The van der Waals surface area contributed by atoms with Crippen molar-refractivity contribution < 1.29 is 14.3 Å². The van der Waals surface area contributed by atoms with Crippen LogP contribution in [0.5, 0.6) is 5.75 Å². The van der Waals surface area contributed by atoms with Crippen molar-refractivity contribution in [1.29, 1.82) is 0 Å². The van der Waals surface area contributed by atoms with Crippen molar-refractivity contribution in [3.05, 3.63) is 42.0 Å². The fourth-order valence-corrected chi connectivity index (χ4v) is 1.88. The topological polar surface area (TPSA) is 35.5 Å². The lowest BCUT2D eigenvalue weighted by Crippen LogP contribution is -2.27. The molecule has 1 unspecified atom stereocenters. The number of rotatable bonds is 3. The van der Waals surface area contributed by atoms with Crippen molar-refractivity contribution in [1.82, 2.24) is 0 Å². The summed E-state index contributed by atoms with van der Waals surface area (Å²) >= 11 is 0. The summed E-state index contributed by atoms with van der Waals surface area (Å²) in [7, 11) is 1.62. The standard InChI is InChI=1S/C13H14O3/c1-3-4-11-8-9-7-10(15-2)5-6-12(9)13(14)16-11/h3,5-7,11H,1,4,8H2,2H3. The third kappa shape index (κ3) is 1.94. The number of hydrogen-bond donors (Lipinski definition) is 0. The molecule has 0 amide bonds. The summed E-state index contributed by atoms with van der Waals surface area (Å²) in [5, 5.41) is 0. The average Bonchev–Trinajstić information content (AvgIpc) is 2.28. The number of methoxy groups -OCH3 is 1. The van der Waals surface area contributed by atoms with E-state index in [-0.39, 0.29) is 12.1 Å². The molecule has 16 heavy (non-hydrogen) atoms. The number of cyclic esters (lactones) is 1. The minimum absolute atomic E-state index is 0.0930. The van der Waals surface area contributed by atoms with Gasteiger partial charge >= 0.3 is 5.97 Å². The zero-order valence-corrected chi connectivity index (χ0v) is 9.23. The van der Waals surface area contributed by atoms with Gasteiger partial charge < -0.3 is 9.47 Å². The maximum absolute atomic E-state index is 11.7. The lowest BCUT2D eigenvalue weighted by atomic mass is 9.97. The molecule has 1 atom stereocenters. The fourth-order valence-electron chi connectivity index (χ4n) is 1.88. The Morgan fingerprint density at radius 2 is 2.44 bits per heavy atom. The quantitative estimate of drug-likeness (QED) is 0.577. The highest BCUT2D eigenvalue weighted by molar-refractivity contribution is 5.92. The molecule has 84 valence electrons. The van der Waals surface area contributed by atoms with Gasteiger partial charge in [0.25, 0.3) is 0 Å². The Balaban J connectivity index is 2.31. The van der Waals surface area contributed by atoms with Crippen LogP contribution >= 0.6 is 0 Å². The van der Waals surface area contributed by atoms with Gasteiger partial charge in [-0.05, 0) is 23.8 Å². The molecule has 0 saturated heterocycles. The number of esters is 1. The van der Waals surface area contributed by atoms with Crippen LogP contribution in [0.15, 0.2) is 30.9 Å². The Morgan fingerprint density at radius 1 is 1.62 bits per heavy atom. The summed E-state index contributed by atoms with van der Waals surface area (Å²) in [5.74, 6) is 0.515. The summed E-state index contributed by atoms with van der Waals surface area (Å²) in [6.07, 6.45) is 3.08. The normalized spacial score (nSPS) is 18.6. The van der Waals surface area contributed by atoms with Gasteiger partial charge in [-0.1, -0.05) is 6.08 Å². The molecule has 1 aromatic carbocycles. The second kappa shape index (κ2) is 4.39. The Hall–Kier alpha value is -1.77. The molecular formula is C13H14O3. The van der Waals surface area contributed by atoms with Gasteiger partial charge in [0.15, 0.2) is 0 Å². The minimum Gasteiger partial charge on any atom is -0.497 e. The van der Waals surface area contributed by atoms with Crippen molar-refractivity contribution in [2.75, 3.05) is 7.11 Å². The van der Waals surface area contributed by atoms with E-state index in [0.717, 1.165) is 17.7 Å². The van der Waals surface area contributed by atoms with Gasteiger partial charge in [-0.15, -0.1) is 6.58 Å². The summed E-state index contributed by atoms with van der Waals surface area (Å²) in [4.78, 5) is 11.7. The summed E-state index contributed by atoms with van der Waals surface area (Å²) in [6.45, 7) is 3.65. The van der Waals surface area contributed by atoms with Crippen LogP contribution in [-0.4, -0.2) is 19.2 Å². The smallest absolute Gasteiger partial charge is 0.338 e. The number of hydrogen-bond acceptors (Lipinski definition) is 3. The maximum Gasteiger partial charge on any atom is 0.338 e. The van der Waals surface area contributed by atoms with Crippen molar-refractivity contribution in [3.8, 4) is 5.75 Å². The van der Waals surface area contributed by atoms with Crippen LogP contribution in [0.4, 0.5) is 0 Å². The Bertz CT molecular complexity index is 423. The van der Waals surface area contributed by atoms with Crippen molar-refractivity contribution in [3.63, 3.8) is 0 Å². The largest absolute Gasteiger partial charge is 0.497 e. The highest BCUT2D eigenvalue weighted by Crippen LogP contribution is 2.26. The molecule has 0 radical (unpaired) electrons. The number of carbonyl (C=O) groups excluding carboxylic acids is 1. The minimum atomic E-state index is -0.254. The molecule has 0 saturated carbocycles. The summed E-state index contributed by atoms with van der Waals surface area (Å²) in [6, 6.07) is 5.42. The highest BCUT2D eigenvalue weighted by Gasteiger charge is 2.25. The number of ether oxygens (including phenoxy) is 2. The average molecular weight is 218 g/mol. The van der Waals surface area contributed by atoms with E-state index in [0.29, 0.717) is 12.0 Å². The number of carbonyl (C=O) groups is 1. The van der Waals surface area contributed by atoms with E-state index in [9.17, 15) is 4.79 Å². The van der Waals surface area contributed by atoms with E-state index in [1.54, 1.807) is 25.3 Å². The van der Waals surface area contributed by atoms with Crippen LogP contribution in [0.2, 0.25) is 0 Å². The van der Waals surface area contributed by atoms with Gasteiger partial charge in [-0.2, -0.15) is 0 Å². The van der Waals surface area contributed by atoms with Gasteiger partial charge in [0.05, 0.1) is 12.7 Å². The van der Waals surface area contributed by atoms with Crippen LogP contribution in [-0.2, 0) is 11.2 Å². The first-order valence-electron chi connectivity index (χ1n) is 5.23. The van der Waals surface area contributed by atoms with Gasteiger partial charge in [0.2, 0.25) is 0 Å². The lowest BCUT2D eigenvalue weighted by Gasteiger charge is -2.24. The molecule has 1 aliphatic rings. The first-order chi connectivity index (χ1) is 7.74. The molecule has 1 aromatic rings. The highest BCUT2D eigenvalue weighted by atomic mass is 16.5. The molecule has 2 rings (SSSR count). The fraction of sp³-hybridized carbons (Fsp3) is 0.308. The summed E-state index contributed by atoms with van der Waals surface area (Å²) in [5.41, 5.74) is 1.63. The molecule has 1 heterocycles. The van der Waals surface area contributed by atoms with E-state index in [2.05, 4.69) is 6.58 Å². The number of fused-ring (bicyclic) bond motifs is 1. The zero-order chi connectivity index (χ0) is 11.5. The van der Waals surface area contributed by atoms with E-state index < -0.39 is 0 Å². The number of benzene rings is 1. The van der Waals surface area contributed by atoms with Crippen molar-refractivity contribution in [2.45, 2.75) is 18.9 Å².